The number of nitrogens with zero attached hydrogens (tertiary/aromatic N) is 3. The summed E-state index contributed by atoms with van der Waals surface area (Å²) in [6, 6.07) is 7.54. The van der Waals surface area contributed by atoms with Crippen molar-refractivity contribution in [2.24, 2.45) is 0 Å². The molecule has 1 aromatic heterocycles. The van der Waals surface area contributed by atoms with Crippen LogP contribution in [0.3, 0.4) is 0 Å². The third-order valence-corrected chi connectivity index (χ3v) is 4.20. The highest BCUT2D eigenvalue weighted by Gasteiger charge is 2.36. The van der Waals surface area contributed by atoms with Crippen molar-refractivity contribution in [2.75, 3.05) is 18.0 Å². The van der Waals surface area contributed by atoms with E-state index in [0.717, 1.165) is 23.7 Å². The molecule has 4 rings (SSSR count). The summed E-state index contributed by atoms with van der Waals surface area (Å²) in [5, 5.41) is 18.2. The van der Waals surface area contributed by atoms with E-state index in [1.165, 1.54) is 0 Å². The van der Waals surface area contributed by atoms with Crippen molar-refractivity contribution < 1.29 is 14.6 Å². The SMILES string of the molecule is O=C(O)c1nnc2ccccc2c1N1CC2CCC(C1)O2. The first-order chi connectivity index (χ1) is 10.2. The third-order valence-electron chi connectivity index (χ3n) is 4.20. The molecule has 1 aromatic carbocycles. The predicted octanol–water partition coefficient (Wildman–Crippen LogP) is 1.70. The number of hydrogen-bond acceptors (Lipinski definition) is 5. The molecule has 3 heterocycles. The first-order valence-corrected chi connectivity index (χ1v) is 7.11. The average Bonchev–Trinajstić information content (AvgIpc) is 2.84. The molecule has 0 saturated carbocycles. The van der Waals surface area contributed by atoms with Gasteiger partial charge in [-0.15, -0.1) is 10.2 Å². The summed E-state index contributed by atoms with van der Waals surface area (Å²) in [5.41, 5.74) is 1.42. The van der Waals surface area contributed by atoms with Gasteiger partial charge in [0.15, 0.2) is 5.69 Å². The zero-order valence-electron chi connectivity index (χ0n) is 11.4. The van der Waals surface area contributed by atoms with Gasteiger partial charge >= 0.3 is 5.97 Å². The van der Waals surface area contributed by atoms with E-state index in [0.29, 0.717) is 18.8 Å². The second-order valence-corrected chi connectivity index (χ2v) is 5.58. The van der Waals surface area contributed by atoms with Crippen molar-refractivity contribution in [1.82, 2.24) is 10.2 Å². The fraction of sp³-hybridized carbons (Fsp3) is 0.400. The average molecular weight is 285 g/mol. The van der Waals surface area contributed by atoms with E-state index in [1.807, 2.05) is 24.3 Å². The normalized spacial score (nSPS) is 24.5. The van der Waals surface area contributed by atoms with E-state index in [-0.39, 0.29) is 17.9 Å². The molecule has 2 atom stereocenters. The van der Waals surface area contributed by atoms with Crippen LogP contribution < -0.4 is 4.90 Å². The molecule has 0 aliphatic carbocycles. The van der Waals surface area contributed by atoms with Crippen LogP contribution in [0, 0.1) is 0 Å². The number of carboxylic acid groups (broad SMARTS) is 1. The van der Waals surface area contributed by atoms with Gasteiger partial charge in [0, 0.05) is 18.5 Å². The van der Waals surface area contributed by atoms with Gasteiger partial charge in [-0.25, -0.2) is 4.79 Å². The first kappa shape index (κ1) is 12.5. The van der Waals surface area contributed by atoms with Crippen LogP contribution in [0.25, 0.3) is 10.9 Å². The minimum Gasteiger partial charge on any atom is -0.476 e. The molecule has 1 N–H and O–H groups in total. The van der Waals surface area contributed by atoms with Gasteiger partial charge in [0.25, 0.3) is 0 Å². The first-order valence-electron chi connectivity index (χ1n) is 7.11. The Bertz CT molecular complexity index is 706. The number of carboxylic acids is 1. The molecule has 2 aliphatic rings. The van der Waals surface area contributed by atoms with Gasteiger partial charge in [-0.2, -0.15) is 0 Å². The Balaban J connectivity index is 1.88. The minimum absolute atomic E-state index is 0.0231. The smallest absolute Gasteiger partial charge is 0.358 e. The Morgan fingerprint density at radius 2 is 1.90 bits per heavy atom. The molecular formula is C15H15N3O3. The van der Waals surface area contributed by atoms with Crippen molar-refractivity contribution in [3.63, 3.8) is 0 Å². The Hall–Kier alpha value is -2.21. The number of fused-ring (bicyclic) bond motifs is 3. The molecule has 0 amide bonds. The summed E-state index contributed by atoms with van der Waals surface area (Å²) in [6.45, 7) is 1.43. The summed E-state index contributed by atoms with van der Waals surface area (Å²) in [4.78, 5) is 13.6. The second kappa shape index (κ2) is 4.66. The Kier molecular flexibility index (Phi) is 2.78. The van der Waals surface area contributed by atoms with Gasteiger partial charge < -0.3 is 14.7 Å². The van der Waals surface area contributed by atoms with Crippen LogP contribution in [0.15, 0.2) is 24.3 Å². The standard InChI is InChI=1S/C15H15N3O3/c19-15(20)13-14(11-3-1-2-4-12(11)16-17-13)18-7-9-5-6-10(8-18)21-9/h1-4,9-10H,5-8H2,(H,19,20). The molecule has 2 unspecified atom stereocenters. The molecule has 2 aromatic rings. The van der Waals surface area contributed by atoms with E-state index in [9.17, 15) is 9.90 Å². The molecule has 21 heavy (non-hydrogen) atoms. The zero-order chi connectivity index (χ0) is 14.4. The van der Waals surface area contributed by atoms with Crippen LogP contribution >= 0.6 is 0 Å². The summed E-state index contributed by atoms with van der Waals surface area (Å²) >= 11 is 0. The molecule has 6 heteroatoms. The van der Waals surface area contributed by atoms with E-state index in [1.54, 1.807) is 0 Å². The molecule has 2 bridgehead atoms. The van der Waals surface area contributed by atoms with Gasteiger partial charge in [0.2, 0.25) is 0 Å². The van der Waals surface area contributed by atoms with Crippen LogP contribution in [0.4, 0.5) is 5.69 Å². The van der Waals surface area contributed by atoms with Crippen LogP contribution in [0.1, 0.15) is 23.3 Å². The highest BCUT2D eigenvalue weighted by atomic mass is 16.5. The quantitative estimate of drug-likeness (QED) is 0.905. The topological polar surface area (TPSA) is 75.5 Å². The Labute approximate surface area is 121 Å². The highest BCUT2D eigenvalue weighted by molar-refractivity contribution is 6.02. The molecule has 0 spiro atoms. The van der Waals surface area contributed by atoms with Crippen molar-refractivity contribution >= 4 is 22.6 Å². The summed E-state index contributed by atoms with van der Waals surface area (Å²) < 4.78 is 5.84. The second-order valence-electron chi connectivity index (χ2n) is 5.58. The zero-order valence-corrected chi connectivity index (χ0v) is 11.4. The number of morpholine rings is 1. The molecular weight excluding hydrogens is 270 g/mol. The van der Waals surface area contributed by atoms with Crippen molar-refractivity contribution in [2.45, 2.75) is 25.0 Å². The fourth-order valence-corrected chi connectivity index (χ4v) is 3.30. The lowest BCUT2D eigenvalue weighted by molar-refractivity contribution is 0.0303. The lowest BCUT2D eigenvalue weighted by Gasteiger charge is -2.34. The third kappa shape index (κ3) is 2.03. The Morgan fingerprint density at radius 3 is 2.62 bits per heavy atom. The summed E-state index contributed by atoms with van der Waals surface area (Å²) in [6.07, 6.45) is 2.47. The van der Waals surface area contributed by atoms with Gasteiger partial charge in [0.05, 0.1) is 23.4 Å². The monoisotopic (exact) mass is 285 g/mol. The number of hydrogen-bond donors (Lipinski definition) is 1. The number of benzene rings is 1. The van der Waals surface area contributed by atoms with E-state index >= 15 is 0 Å². The molecule has 6 nitrogen and oxygen atoms in total. The Morgan fingerprint density at radius 1 is 1.19 bits per heavy atom. The summed E-state index contributed by atoms with van der Waals surface area (Å²) in [7, 11) is 0. The number of aromatic carboxylic acids is 1. The molecule has 0 radical (unpaired) electrons. The lowest BCUT2D eigenvalue weighted by Crippen LogP contribution is -2.43. The fourth-order valence-electron chi connectivity index (χ4n) is 3.30. The summed E-state index contributed by atoms with van der Waals surface area (Å²) in [5.74, 6) is -1.04. The van der Waals surface area contributed by atoms with E-state index in [4.69, 9.17) is 4.74 Å². The van der Waals surface area contributed by atoms with Crippen LogP contribution in [-0.4, -0.2) is 46.6 Å². The maximum atomic E-state index is 11.5. The maximum absolute atomic E-state index is 11.5. The van der Waals surface area contributed by atoms with Gasteiger partial charge in [-0.1, -0.05) is 18.2 Å². The van der Waals surface area contributed by atoms with E-state index in [2.05, 4.69) is 15.1 Å². The molecule has 2 fully saturated rings. The number of carbonyl (C=O) groups is 1. The predicted molar refractivity (Wildman–Crippen MR) is 76.6 cm³/mol. The minimum atomic E-state index is -1.04. The van der Waals surface area contributed by atoms with Crippen molar-refractivity contribution in [3.05, 3.63) is 30.0 Å². The van der Waals surface area contributed by atoms with Crippen molar-refractivity contribution in [1.29, 1.82) is 0 Å². The van der Waals surface area contributed by atoms with Crippen LogP contribution in [0.5, 0.6) is 0 Å². The number of anilines is 1. The largest absolute Gasteiger partial charge is 0.476 e. The molecule has 2 aliphatic heterocycles. The van der Waals surface area contributed by atoms with Crippen LogP contribution in [0.2, 0.25) is 0 Å². The maximum Gasteiger partial charge on any atom is 0.358 e. The highest BCUT2D eigenvalue weighted by Crippen LogP contribution is 2.34. The van der Waals surface area contributed by atoms with Crippen LogP contribution in [-0.2, 0) is 4.74 Å². The van der Waals surface area contributed by atoms with Gasteiger partial charge in [-0.3, -0.25) is 0 Å². The molecule has 2 saturated heterocycles. The number of ether oxygens (including phenoxy) is 1. The number of rotatable bonds is 2. The number of aromatic nitrogens is 2. The van der Waals surface area contributed by atoms with Gasteiger partial charge in [0.1, 0.15) is 0 Å². The van der Waals surface area contributed by atoms with Crippen molar-refractivity contribution in [3.8, 4) is 0 Å². The van der Waals surface area contributed by atoms with E-state index < -0.39 is 5.97 Å². The lowest BCUT2D eigenvalue weighted by atomic mass is 10.1. The van der Waals surface area contributed by atoms with Gasteiger partial charge in [-0.05, 0) is 18.9 Å². The molecule has 108 valence electrons.